The number of imide groups is 1. The molecule has 4 fully saturated rings. The number of fused-ring (bicyclic) bond motifs is 1. The first kappa shape index (κ1) is 39.3. The van der Waals surface area contributed by atoms with Gasteiger partial charge in [0.25, 0.3) is 5.91 Å². The first-order chi connectivity index (χ1) is 26.8. The maximum Gasteiger partial charge on any atom is 0.328 e. The second kappa shape index (κ2) is 17.5. The van der Waals surface area contributed by atoms with E-state index in [0.29, 0.717) is 47.0 Å². The number of anilines is 2. The predicted molar refractivity (Wildman–Crippen MR) is 217 cm³/mol. The fourth-order valence-electron chi connectivity index (χ4n) is 8.74. The van der Waals surface area contributed by atoms with Gasteiger partial charge in [0, 0.05) is 75.4 Å². The van der Waals surface area contributed by atoms with Crippen LogP contribution in [-0.2, 0) is 4.79 Å². The molecule has 0 unspecified atom stereocenters. The maximum absolute atomic E-state index is 13.1. The molecule has 8 rings (SSSR count). The molecule has 3 aliphatic heterocycles. The van der Waals surface area contributed by atoms with Crippen molar-refractivity contribution < 1.29 is 19.1 Å². The standard InChI is InChI=1S/C41H46ClN9O4.ClH/c42-34-23-32(9-6-28(34)24-43)55-31-10-7-29(8-11-31)44-40(53)35-12-13-38(47-46-35)49-18-2-3-27(26-49)25-48-19-14-30(15-20-48)50-21-16-33-36(50)4-1-5-37(33)51-22-17-39(52)45-41(51)54;/h1,4-6,9,12-13,16,21,23,27,29-31H,2-3,7-8,10-11,14-15,17-20,22,25-26H2,(H,44,53)(H,45,52,54);1H/t27-,29?,31?;/m0./s1. The fraction of sp³-hybridized carbons (Fsp3) is 0.463. The molecule has 4 aromatic rings. The summed E-state index contributed by atoms with van der Waals surface area (Å²) in [6.45, 7) is 5.34. The number of hydrogen-bond donors (Lipinski definition) is 2. The van der Waals surface area contributed by atoms with E-state index in [4.69, 9.17) is 21.6 Å². The molecule has 1 saturated carbocycles. The van der Waals surface area contributed by atoms with Crippen LogP contribution in [0, 0.1) is 17.2 Å². The molecule has 1 aliphatic carbocycles. The summed E-state index contributed by atoms with van der Waals surface area (Å²) in [4.78, 5) is 43.9. The zero-order valence-electron chi connectivity index (χ0n) is 31.2. The van der Waals surface area contributed by atoms with Gasteiger partial charge in [-0.25, -0.2) is 4.79 Å². The van der Waals surface area contributed by atoms with Gasteiger partial charge in [-0.3, -0.25) is 19.8 Å². The fourth-order valence-corrected chi connectivity index (χ4v) is 8.95. The van der Waals surface area contributed by atoms with Crippen LogP contribution in [0.25, 0.3) is 10.9 Å². The number of ether oxygens (including phenoxy) is 1. The van der Waals surface area contributed by atoms with E-state index in [0.717, 1.165) is 100 Å². The molecule has 0 bridgehead atoms. The second-order valence-electron chi connectivity index (χ2n) is 15.3. The Balaban J connectivity index is 0.00000480. The van der Waals surface area contributed by atoms with Crippen molar-refractivity contribution in [2.75, 3.05) is 49.1 Å². The van der Waals surface area contributed by atoms with Crippen LogP contribution in [0.4, 0.5) is 16.3 Å². The van der Waals surface area contributed by atoms with Crippen LogP contribution in [-0.4, -0.2) is 88.9 Å². The van der Waals surface area contributed by atoms with E-state index in [1.165, 1.54) is 6.42 Å². The molecule has 13 nitrogen and oxygen atoms in total. The summed E-state index contributed by atoms with van der Waals surface area (Å²) in [6.07, 6.45) is 10.1. The number of nitrogens with zero attached hydrogens (tertiary/aromatic N) is 7. The zero-order chi connectivity index (χ0) is 37.9. The molecule has 2 aromatic heterocycles. The van der Waals surface area contributed by atoms with Crippen LogP contribution in [0.15, 0.2) is 60.8 Å². The van der Waals surface area contributed by atoms with Crippen molar-refractivity contribution in [3.63, 3.8) is 0 Å². The minimum absolute atomic E-state index is 0. The van der Waals surface area contributed by atoms with Gasteiger partial charge in [0.15, 0.2) is 11.5 Å². The Kier molecular flexibility index (Phi) is 12.3. The van der Waals surface area contributed by atoms with Crippen molar-refractivity contribution in [1.29, 1.82) is 5.26 Å². The molecule has 2 aromatic carbocycles. The van der Waals surface area contributed by atoms with E-state index >= 15 is 0 Å². The lowest BCUT2D eigenvalue weighted by Gasteiger charge is -2.39. The number of amides is 4. The number of piperidine rings is 2. The van der Waals surface area contributed by atoms with Gasteiger partial charge < -0.3 is 24.4 Å². The number of nitrogens with one attached hydrogen (secondary N) is 2. The number of halogens is 2. The molecular formula is C41H47Cl2N9O4. The summed E-state index contributed by atoms with van der Waals surface area (Å²) in [5.41, 5.74) is 2.71. The summed E-state index contributed by atoms with van der Waals surface area (Å²) in [5, 5.41) is 24.9. The van der Waals surface area contributed by atoms with E-state index in [1.54, 1.807) is 29.2 Å². The molecule has 3 saturated heterocycles. The van der Waals surface area contributed by atoms with Gasteiger partial charge in [0.05, 0.1) is 27.9 Å². The van der Waals surface area contributed by atoms with Crippen molar-refractivity contribution in [3.8, 4) is 11.8 Å². The van der Waals surface area contributed by atoms with E-state index in [-0.39, 0.29) is 42.4 Å². The zero-order valence-corrected chi connectivity index (χ0v) is 32.8. The van der Waals surface area contributed by atoms with Crippen molar-refractivity contribution in [2.45, 2.75) is 76.0 Å². The van der Waals surface area contributed by atoms with Gasteiger partial charge >= 0.3 is 6.03 Å². The summed E-state index contributed by atoms with van der Waals surface area (Å²) in [7, 11) is 0. The highest BCUT2D eigenvalue weighted by atomic mass is 35.5. The van der Waals surface area contributed by atoms with Crippen LogP contribution in [0.3, 0.4) is 0 Å². The molecular weight excluding hydrogens is 753 g/mol. The van der Waals surface area contributed by atoms with Gasteiger partial charge in [0.2, 0.25) is 5.91 Å². The molecule has 2 N–H and O–H groups in total. The Morgan fingerprint density at radius 2 is 1.79 bits per heavy atom. The number of nitriles is 1. The van der Waals surface area contributed by atoms with Gasteiger partial charge in [-0.15, -0.1) is 22.6 Å². The second-order valence-corrected chi connectivity index (χ2v) is 15.7. The average molecular weight is 801 g/mol. The van der Waals surface area contributed by atoms with E-state index in [2.05, 4.69) is 59.6 Å². The predicted octanol–water partition coefficient (Wildman–Crippen LogP) is 6.50. The lowest BCUT2D eigenvalue weighted by molar-refractivity contribution is -0.120. The number of rotatable bonds is 9. The molecule has 4 aliphatic rings. The number of carbonyl (C=O) groups excluding carboxylic acids is 3. The first-order valence-electron chi connectivity index (χ1n) is 19.5. The van der Waals surface area contributed by atoms with Gasteiger partial charge in [-0.1, -0.05) is 17.7 Å². The molecule has 1 atom stereocenters. The average Bonchev–Trinajstić information content (AvgIpc) is 3.64. The summed E-state index contributed by atoms with van der Waals surface area (Å²) in [6, 6.07) is 19.1. The number of benzene rings is 2. The van der Waals surface area contributed by atoms with Crippen LogP contribution in [0.2, 0.25) is 5.02 Å². The summed E-state index contributed by atoms with van der Waals surface area (Å²) >= 11 is 6.16. The molecule has 15 heteroatoms. The van der Waals surface area contributed by atoms with Crippen molar-refractivity contribution >= 4 is 64.3 Å². The molecule has 4 amide bonds. The maximum atomic E-state index is 13.1. The lowest BCUT2D eigenvalue weighted by atomic mass is 9.92. The third-order valence-corrected chi connectivity index (χ3v) is 12.0. The van der Waals surface area contributed by atoms with Crippen LogP contribution in [0.5, 0.6) is 5.75 Å². The SMILES string of the molecule is Cl.N#Cc1ccc(OC2CCC(NC(=O)c3ccc(N4CCC[C@@H](CN5CCC(n6ccc7c(N8CCC(=O)NC8=O)cccc76)CC5)C4)nn3)CC2)cc1Cl. The number of hydrogen-bond acceptors (Lipinski definition) is 9. The normalized spacial score (nSPS) is 22.2. The van der Waals surface area contributed by atoms with Crippen molar-refractivity contribution in [3.05, 3.63) is 77.1 Å². The van der Waals surface area contributed by atoms with Gasteiger partial charge in [-0.2, -0.15) is 5.26 Å². The third kappa shape index (κ3) is 8.73. The number of carbonyl (C=O) groups is 3. The number of aromatic nitrogens is 3. The molecule has 294 valence electrons. The van der Waals surface area contributed by atoms with Crippen molar-refractivity contribution in [2.24, 2.45) is 5.92 Å². The summed E-state index contributed by atoms with van der Waals surface area (Å²) < 4.78 is 8.46. The van der Waals surface area contributed by atoms with Crippen LogP contribution < -0.4 is 25.2 Å². The monoisotopic (exact) mass is 799 g/mol. The summed E-state index contributed by atoms with van der Waals surface area (Å²) in [5.74, 6) is 1.56. The van der Waals surface area contributed by atoms with Gasteiger partial charge in [0.1, 0.15) is 11.8 Å². The Morgan fingerprint density at radius 1 is 0.964 bits per heavy atom. The number of urea groups is 1. The number of likely N-dealkylation sites (tertiary alicyclic amines) is 1. The quantitative estimate of drug-likeness (QED) is 0.194. The van der Waals surface area contributed by atoms with E-state index in [9.17, 15) is 14.4 Å². The lowest BCUT2D eigenvalue weighted by Crippen LogP contribution is -2.49. The van der Waals surface area contributed by atoms with Crippen LogP contribution in [0.1, 0.15) is 79.9 Å². The molecule has 0 spiro atoms. The van der Waals surface area contributed by atoms with Gasteiger partial charge in [-0.05, 0) is 99.7 Å². The van der Waals surface area contributed by atoms with Crippen LogP contribution >= 0.6 is 24.0 Å². The highest BCUT2D eigenvalue weighted by molar-refractivity contribution is 6.31. The topological polar surface area (TPSA) is 149 Å². The molecule has 0 radical (unpaired) electrons. The largest absolute Gasteiger partial charge is 0.490 e. The third-order valence-electron chi connectivity index (χ3n) is 11.7. The van der Waals surface area contributed by atoms with Crippen molar-refractivity contribution in [1.82, 2.24) is 30.3 Å². The minimum Gasteiger partial charge on any atom is -0.490 e. The van der Waals surface area contributed by atoms with E-state index < -0.39 is 0 Å². The van der Waals surface area contributed by atoms with E-state index in [1.807, 2.05) is 18.2 Å². The highest BCUT2D eigenvalue weighted by Gasteiger charge is 2.30. The minimum atomic E-state index is -0.357. The Labute approximate surface area is 337 Å². The first-order valence-corrected chi connectivity index (χ1v) is 19.9. The molecule has 5 heterocycles. The smallest absolute Gasteiger partial charge is 0.328 e. The molecule has 56 heavy (non-hydrogen) atoms. The Hall–Kier alpha value is -4.90. The Bertz CT molecular complexity index is 2090. The highest BCUT2D eigenvalue weighted by Crippen LogP contribution is 2.34. The Morgan fingerprint density at radius 3 is 2.52 bits per heavy atom.